The average Bonchev–Trinajstić information content (AvgIpc) is 2.68. The topological polar surface area (TPSA) is 58.3 Å². The molecule has 4 nitrogen and oxygen atoms in total. The Bertz CT molecular complexity index is 546. The van der Waals surface area contributed by atoms with Crippen LogP contribution in [0.15, 0.2) is 22.6 Å². The Morgan fingerprint density at radius 3 is 2.89 bits per heavy atom. The lowest BCUT2D eigenvalue weighted by Gasteiger charge is -2.25. The number of oxazole rings is 1. The fourth-order valence-electron chi connectivity index (χ4n) is 2.15. The Hall–Kier alpha value is -1.39. The maximum atomic E-state index is 8.98. The Morgan fingerprint density at radius 2 is 2.16 bits per heavy atom. The molecule has 4 heteroatoms. The molecule has 1 aromatic carbocycles. The van der Waals surface area contributed by atoms with Gasteiger partial charge in [-0.1, -0.05) is 6.07 Å². The van der Waals surface area contributed by atoms with Gasteiger partial charge in [0.1, 0.15) is 5.52 Å². The first-order valence-corrected chi connectivity index (χ1v) is 6.72. The molecule has 0 atom stereocenters. The second-order valence-corrected chi connectivity index (χ2v) is 5.57. The molecule has 1 heterocycles. The molecule has 0 radical (unpaired) electrons. The number of nitrogens with one attached hydrogen (secondary N) is 1. The summed E-state index contributed by atoms with van der Waals surface area (Å²) in [5, 5.41) is 12.4. The van der Waals surface area contributed by atoms with Crippen LogP contribution in [0.4, 0.5) is 0 Å². The van der Waals surface area contributed by atoms with Crippen molar-refractivity contribution in [2.75, 3.05) is 13.2 Å². The monoisotopic (exact) mass is 262 g/mol. The largest absolute Gasteiger partial charge is 0.441 e. The van der Waals surface area contributed by atoms with Crippen molar-refractivity contribution in [1.82, 2.24) is 10.3 Å². The number of nitrogens with zero attached hydrogens (tertiary/aromatic N) is 1. The van der Waals surface area contributed by atoms with Crippen molar-refractivity contribution < 1.29 is 9.52 Å². The maximum Gasteiger partial charge on any atom is 0.192 e. The van der Waals surface area contributed by atoms with Gasteiger partial charge in [0.15, 0.2) is 11.5 Å². The molecule has 19 heavy (non-hydrogen) atoms. The van der Waals surface area contributed by atoms with Gasteiger partial charge in [0.2, 0.25) is 0 Å². The Labute approximate surface area is 113 Å². The molecular weight excluding hydrogens is 240 g/mol. The number of aryl methyl sites for hydroxylation is 1. The first-order chi connectivity index (χ1) is 9.00. The van der Waals surface area contributed by atoms with Gasteiger partial charge < -0.3 is 14.8 Å². The van der Waals surface area contributed by atoms with Crippen LogP contribution in [-0.2, 0) is 6.42 Å². The van der Waals surface area contributed by atoms with E-state index in [1.54, 1.807) is 0 Å². The maximum absolute atomic E-state index is 8.98. The van der Waals surface area contributed by atoms with Crippen LogP contribution in [0.25, 0.3) is 11.1 Å². The summed E-state index contributed by atoms with van der Waals surface area (Å²) in [4.78, 5) is 4.29. The van der Waals surface area contributed by atoms with Gasteiger partial charge in [0, 0.05) is 19.1 Å². The van der Waals surface area contributed by atoms with Crippen molar-refractivity contribution >= 4 is 11.1 Å². The van der Waals surface area contributed by atoms with E-state index in [1.165, 1.54) is 5.56 Å². The minimum atomic E-state index is -0.0261. The summed E-state index contributed by atoms with van der Waals surface area (Å²) < 4.78 is 5.53. The van der Waals surface area contributed by atoms with Gasteiger partial charge in [-0.25, -0.2) is 4.98 Å². The quantitative estimate of drug-likeness (QED) is 0.839. The lowest BCUT2D eigenvalue weighted by Crippen LogP contribution is -2.41. The summed E-state index contributed by atoms with van der Waals surface area (Å²) in [6.45, 7) is 7.16. The van der Waals surface area contributed by atoms with Crippen LogP contribution in [0.1, 0.15) is 31.7 Å². The zero-order valence-corrected chi connectivity index (χ0v) is 11.9. The number of aromatic nitrogens is 1. The minimum Gasteiger partial charge on any atom is -0.441 e. The summed E-state index contributed by atoms with van der Waals surface area (Å²) in [5.41, 5.74) is 2.97. The molecule has 104 valence electrons. The smallest absolute Gasteiger partial charge is 0.192 e. The van der Waals surface area contributed by atoms with E-state index in [0.29, 0.717) is 5.89 Å². The van der Waals surface area contributed by atoms with Crippen LogP contribution < -0.4 is 5.32 Å². The van der Waals surface area contributed by atoms with E-state index in [1.807, 2.05) is 13.0 Å². The van der Waals surface area contributed by atoms with E-state index in [9.17, 15) is 0 Å². The first-order valence-electron chi connectivity index (χ1n) is 6.72. The second-order valence-electron chi connectivity index (χ2n) is 5.57. The predicted molar refractivity (Wildman–Crippen MR) is 76.2 cm³/mol. The van der Waals surface area contributed by atoms with Gasteiger partial charge >= 0.3 is 0 Å². The molecule has 0 unspecified atom stereocenters. The highest BCUT2D eigenvalue weighted by Crippen LogP contribution is 2.17. The van der Waals surface area contributed by atoms with Crippen molar-refractivity contribution in [1.29, 1.82) is 0 Å². The summed E-state index contributed by atoms with van der Waals surface area (Å²) in [6, 6.07) is 6.14. The van der Waals surface area contributed by atoms with Crippen LogP contribution in [0, 0.1) is 6.92 Å². The van der Waals surface area contributed by atoms with E-state index < -0.39 is 0 Å². The third-order valence-electron chi connectivity index (χ3n) is 3.31. The lowest BCUT2D eigenvalue weighted by atomic mass is 10.0. The first kappa shape index (κ1) is 14.0. The highest BCUT2D eigenvalue weighted by Gasteiger charge is 2.15. The predicted octanol–water partition coefficient (Wildman–Crippen LogP) is 2.43. The van der Waals surface area contributed by atoms with Crippen LogP contribution in [0.5, 0.6) is 0 Å². The molecule has 1 aromatic heterocycles. The third-order valence-corrected chi connectivity index (χ3v) is 3.31. The fraction of sp³-hybridized carbons (Fsp3) is 0.533. The second kappa shape index (κ2) is 5.72. The van der Waals surface area contributed by atoms with Crippen LogP contribution in [0.3, 0.4) is 0 Å². The number of hydrogen-bond acceptors (Lipinski definition) is 4. The SMILES string of the molecule is Cc1nc2ccc(CCNC(C)(C)CCO)cc2o1. The summed E-state index contributed by atoms with van der Waals surface area (Å²) in [5.74, 6) is 0.703. The molecule has 0 fully saturated rings. The summed E-state index contributed by atoms with van der Waals surface area (Å²) in [6.07, 6.45) is 1.69. The van der Waals surface area contributed by atoms with E-state index in [-0.39, 0.29) is 12.1 Å². The molecule has 0 spiro atoms. The molecule has 0 aliphatic heterocycles. The molecule has 0 aliphatic carbocycles. The zero-order valence-electron chi connectivity index (χ0n) is 11.9. The van der Waals surface area contributed by atoms with Gasteiger partial charge in [-0.15, -0.1) is 0 Å². The molecule has 0 aliphatic rings. The van der Waals surface area contributed by atoms with Gasteiger partial charge in [-0.3, -0.25) is 0 Å². The van der Waals surface area contributed by atoms with Crippen molar-refractivity contribution in [3.8, 4) is 0 Å². The Kier molecular flexibility index (Phi) is 4.22. The van der Waals surface area contributed by atoms with Crippen molar-refractivity contribution in [2.45, 2.75) is 39.2 Å². The number of rotatable bonds is 6. The molecule has 0 amide bonds. The van der Waals surface area contributed by atoms with Gasteiger partial charge in [-0.2, -0.15) is 0 Å². The Morgan fingerprint density at radius 1 is 1.37 bits per heavy atom. The molecule has 2 aromatic rings. The van der Waals surface area contributed by atoms with Crippen molar-refractivity contribution in [3.05, 3.63) is 29.7 Å². The Balaban J connectivity index is 1.94. The van der Waals surface area contributed by atoms with Crippen molar-refractivity contribution in [3.63, 3.8) is 0 Å². The van der Waals surface area contributed by atoms with E-state index in [2.05, 4.69) is 36.3 Å². The number of benzene rings is 1. The third kappa shape index (κ3) is 3.78. The van der Waals surface area contributed by atoms with Crippen LogP contribution in [-0.4, -0.2) is 28.8 Å². The van der Waals surface area contributed by atoms with Crippen LogP contribution in [0.2, 0.25) is 0 Å². The number of aliphatic hydroxyl groups is 1. The average molecular weight is 262 g/mol. The molecule has 2 rings (SSSR count). The highest BCUT2D eigenvalue weighted by atomic mass is 16.3. The normalized spacial score (nSPS) is 12.2. The van der Waals surface area contributed by atoms with Gasteiger partial charge in [0.05, 0.1) is 0 Å². The van der Waals surface area contributed by atoms with E-state index in [0.717, 1.165) is 30.5 Å². The molecule has 0 saturated heterocycles. The molecular formula is C15H22N2O2. The summed E-state index contributed by atoms with van der Waals surface area (Å²) >= 11 is 0. The number of hydrogen-bond donors (Lipinski definition) is 2. The molecule has 2 N–H and O–H groups in total. The fourth-order valence-corrected chi connectivity index (χ4v) is 2.15. The van der Waals surface area contributed by atoms with Gasteiger partial charge in [-0.05, 0) is 50.9 Å². The zero-order chi connectivity index (χ0) is 13.9. The highest BCUT2D eigenvalue weighted by molar-refractivity contribution is 5.73. The minimum absolute atomic E-state index is 0.0261. The molecule has 0 bridgehead atoms. The standard InChI is InChI=1S/C15H22N2O2/c1-11-17-13-5-4-12(10-14(13)19-11)6-8-16-15(2,3)7-9-18/h4-5,10,16,18H,6-9H2,1-3H3. The number of aliphatic hydroxyl groups excluding tert-OH is 1. The number of fused-ring (bicyclic) bond motifs is 1. The van der Waals surface area contributed by atoms with E-state index >= 15 is 0 Å². The summed E-state index contributed by atoms with van der Waals surface area (Å²) in [7, 11) is 0. The van der Waals surface area contributed by atoms with E-state index in [4.69, 9.17) is 9.52 Å². The van der Waals surface area contributed by atoms with Crippen LogP contribution >= 0.6 is 0 Å². The molecule has 0 saturated carbocycles. The lowest BCUT2D eigenvalue weighted by molar-refractivity contribution is 0.231. The van der Waals surface area contributed by atoms with Gasteiger partial charge in [0.25, 0.3) is 0 Å². The van der Waals surface area contributed by atoms with Crippen molar-refractivity contribution in [2.24, 2.45) is 0 Å².